The molecular formula is C18H34O4. The predicted molar refractivity (Wildman–Crippen MR) is 88.5 cm³/mol. The zero-order chi connectivity index (χ0) is 17.0. The van der Waals surface area contributed by atoms with E-state index in [1.165, 1.54) is 12.8 Å². The van der Waals surface area contributed by atoms with Crippen LogP contribution in [0.15, 0.2) is 0 Å². The van der Waals surface area contributed by atoms with Crippen LogP contribution in [0, 0.1) is 11.8 Å². The minimum atomic E-state index is -0.233. The van der Waals surface area contributed by atoms with Gasteiger partial charge in [-0.05, 0) is 31.6 Å². The van der Waals surface area contributed by atoms with E-state index in [0.717, 1.165) is 12.8 Å². The Labute approximate surface area is 135 Å². The zero-order valence-electron chi connectivity index (χ0n) is 15.0. The molecule has 0 aromatic carbocycles. The molecule has 0 aliphatic heterocycles. The molecule has 0 N–H and O–H groups in total. The van der Waals surface area contributed by atoms with Gasteiger partial charge in [0.2, 0.25) is 0 Å². The molecule has 2 unspecified atom stereocenters. The standard InChI is InChI=1S/C18H34O4/c1-6-8-10-16(7-2)13-21-17(19)11-9-12-18(20)22-15(5)14(3)4/h14-16H,6-13H2,1-5H3. The van der Waals surface area contributed by atoms with E-state index < -0.39 is 0 Å². The summed E-state index contributed by atoms with van der Waals surface area (Å²) >= 11 is 0. The van der Waals surface area contributed by atoms with E-state index in [-0.39, 0.29) is 30.9 Å². The Morgan fingerprint density at radius 1 is 0.955 bits per heavy atom. The first-order valence-electron chi connectivity index (χ1n) is 8.75. The molecule has 0 radical (unpaired) electrons. The fraction of sp³-hybridized carbons (Fsp3) is 0.889. The third kappa shape index (κ3) is 10.6. The summed E-state index contributed by atoms with van der Waals surface area (Å²) in [6.45, 7) is 10.7. The molecule has 0 aliphatic carbocycles. The highest BCUT2D eigenvalue weighted by atomic mass is 16.5. The summed E-state index contributed by atoms with van der Waals surface area (Å²) in [4.78, 5) is 23.3. The molecular weight excluding hydrogens is 280 g/mol. The molecule has 0 bridgehead atoms. The summed E-state index contributed by atoms with van der Waals surface area (Å²) in [5.74, 6) is 0.326. The van der Waals surface area contributed by atoms with Crippen molar-refractivity contribution >= 4 is 11.9 Å². The second-order valence-corrected chi connectivity index (χ2v) is 6.39. The van der Waals surface area contributed by atoms with Crippen molar-refractivity contribution in [3.63, 3.8) is 0 Å². The van der Waals surface area contributed by atoms with Gasteiger partial charge in [0.05, 0.1) is 6.61 Å². The van der Waals surface area contributed by atoms with Gasteiger partial charge in [0.15, 0.2) is 0 Å². The topological polar surface area (TPSA) is 52.6 Å². The first kappa shape index (κ1) is 20.9. The van der Waals surface area contributed by atoms with Crippen LogP contribution in [-0.2, 0) is 19.1 Å². The molecule has 22 heavy (non-hydrogen) atoms. The van der Waals surface area contributed by atoms with Gasteiger partial charge in [-0.25, -0.2) is 0 Å². The van der Waals surface area contributed by atoms with Gasteiger partial charge in [0.1, 0.15) is 6.10 Å². The monoisotopic (exact) mass is 314 g/mol. The van der Waals surface area contributed by atoms with Gasteiger partial charge in [-0.15, -0.1) is 0 Å². The molecule has 0 amide bonds. The van der Waals surface area contributed by atoms with Gasteiger partial charge < -0.3 is 9.47 Å². The maximum absolute atomic E-state index is 11.7. The number of rotatable bonds is 12. The molecule has 0 aromatic heterocycles. The first-order chi connectivity index (χ1) is 10.4. The summed E-state index contributed by atoms with van der Waals surface area (Å²) in [5, 5.41) is 0. The van der Waals surface area contributed by atoms with Gasteiger partial charge in [0.25, 0.3) is 0 Å². The van der Waals surface area contributed by atoms with E-state index in [9.17, 15) is 9.59 Å². The smallest absolute Gasteiger partial charge is 0.306 e. The molecule has 4 nitrogen and oxygen atoms in total. The summed E-state index contributed by atoms with van der Waals surface area (Å²) in [6.07, 6.45) is 5.47. The molecule has 0 rings (SSSR count). The van der Waals surface area contributed by atoms with Crippen LogP contribution < -0.4 is 0 Å². The average molecular weight is 314 g/mol. The van der Waals surface area contributed by atoms with E-state index in [2.05, 4.69) is 13.8 Å². The van der Waals surface area contributed by atoms with Crippen LogP contribution in [-0.4, -0.2) is 24.6 Å². The zero-order valence-corrected chi connectivity index (χ0v) is 15.0. The number of hydrogen-bond acceptors (Lipinski definition) is 4. The number of unbranched alkanes of at least 4 members (excludes halogenated alkanes) is 1. The van der Waals surface area contributed by atoms with E-state index >= 15 is 0 Å². The molecule has 0 heterocycles. The van der Waals surface area contributed by atoms with Gasteiger partial charge in [0, 0.05) is 12.8 Å². The van der Waals surface area contributed by atoms with Crippen molar-refractivity contribution in [3.8, 4) is 0 Å². The van der Waals surface area contributed by atoms with Gasteiger partial charge in [-0.3, -0.25) is 9.59 Å². The lowest BCUT2D eigenvalue weighted by Crippen LogP contribution is -2.20. The number of esters is 2. The molecule has 0 spiro atoms. The molecule has 0 saturated heterocycles. The Morgan fingerprint density at radius 3 is 2.14 bits per heavy atom. The SMILES string of the molecule is CCCCC(CC)COC(=O)CCCC(=O)OC(C)C(C)C. The van der Waals surface area contributed by atoms with Crippen molar-refractivity contribution in [2.45, 2.75) is 85.7 Å². The summed E-state index contributed by atoms with van der Waals surface area (Å²) < 4.78 is 10.6. The van der Waals surface area contributed by atoms with Crippen molar-refractivity contribution in [1.29, 1.82) is 0 Å². The first-order valence-corrected chi connectivity index (χ1v) is 8.75. The Hall–Kier alpha value is -1.06. The maximum atomic E-state index is 11.7. The lowest BCUT2D eigenvalue weighted by molar-refractivity contribution is -0.150. The van der Waals surface area contributed by atoms with Gasteiger partial charge in [-0.1, -0.05) is 47.0 Å². The minimum absolute atomic E-state index is 0.0803. The molecule has 130 valence electrons. The Morgan fingerprint density at radius 2 is 1.59 bits per heavy atom. The molecule has 4 heteroatoms. The fourth-order valence-corrected chi connectivity index (χ4v) is 1.96. The van der Waals surface area contributed by atoms with Crippen molar-refractivity contribution in [2.75, 3.05) is 6.61 Å². The lowest BCUT2D eigenvalue weighted by atomic mass is 10.0. The van der Waals surface area contributed by atoms with Crippen LogP contribution in [0.4, 0.5) is 0 Å². The highest BCUT2D eigenvalue weighted by molar-refractivity contribution is 5.72. The van der Waals surface area contributed by atoms with Crippen molar-refractivity contribution in [3.05, 3.63) is 0 Å². The summed E-state index contributed by atoms with van der Waals surface area (Å²) in [7, 11) is 0. The third-order valence-electron chi connectivity index (χ3n) is 4.04. The maximum Gasteiger partial charge on any atom is 0.306 e. The highest BCUT2D eigenvalue weighted by Gasteiger charge is 2.14. The molecule has 0 aromatic rings. The second kappa shape index (κ2) is 12.5. The number of carbonyl (C=O) groups is 2. The van der Waals surface area contributed by atoms with E-state index in [0.29, 0.717) is 24.9 Å². The molecule has 0 fully saturated rings. The Balaban J connectivity index is 3.78. The van der Waals surface area contributed by atoms with Crippen LogP contribution >= 0.6 is 0 Å². The Bertz CT molecular complexity index is 312. The normalized spacial score (nSPS) is 13.7. The third-order valence-corrected chi connectivity index (χ3v) is 4.04. The van der Waals surface area contributed by atoms with Crippen molar-refractivity contribution in [1.82, 2.24) is 0 Å². The molecule has 2 atom stereocenters. The van der Waals surface area contributed by atoms with Crippen LogP contribution in [0.1, 0.15) is 79.6 Å². The van der Waals surface area contributed by atoms with Crippen LogP contribution in [0.5, 0.6) is 0 Å². The van der Waals surface area contributed by atoms with E-state index in [1.807, 2.05) is 20.8 Å². The van der Waals surface area contributed by atoms with Crippen LogP contribution in [0.25, 0.3) is 0 Å². The molecule has 0 saturated carbocycles. The van der Waals surface area contributed by atoms with E-state index in [1.54, 1.807) is 0 Å². The number of ether oxygens (including phenoxy) is 2. The van der Waals surface area contributed by atoms with Crippen molar-refractivity contribution < 1.29 is 19.1 Å². The van der Waals surface area contributed by atoms with Gasteiger partial charge in [-0.2, -0.15) is 0 Å². The minimum Gasteiger partial charge on any atom is -0.465 e. The Kier molecular flexibility index (Phi) is 11.9. The predicted octanol–water partition coefficient (Wildman–Crippen LogP) is 4.50. The van der Waals surface area contributed by atoms with Crippen molar-refractivity contribution in [2.24, 2.45) is 11.8 Å². The quantitative estimate of drug-likeness (QED) is 0.498. The van der Waals surface area contributed by atoms with E-state index in [4.69, 9.17) is 9.47 Å². The fourth-order valence-electron chi connectivity index (χ4n) is 1.96. The summed E-state index contributed by atoms with van der Waals surface area (Å²) in [5.41, 5.74) is 0. The van der Waals surface area contributed by atoms with Gasteiger partial charge >= 0.3 is 11.9 Å². The van der Waals surface area contributed by atoms with Crippen LogP contribution in [0.2, 0.25) is 0 Å². The highest BCUT2D eigenvalue weighted by Crippen LogP contribution is 2.14. The molecule has 0 aliphatic rings. The average Bonchev–Trinajstić information content (AvgIpc) is 2.47. The van der Waals surface area contributed by atoms with Crippen LogP contribution in [0.3, 0.4) is 0 Å². The summed E-state index contributed by atoms with van der Waals surface area (Å²) in [6, 6.07) is 0. The number of carbonyl (C=O) groups excluding carboxylic acids is 2. The largest absolute Gasteiger partial charge is 0.465 e. The number of hydrogen-bond donors (Lipinski definition) is 0. The second-order valence-electron chi connectivity index (χ2n) is 6.39. The lowest BCUT2D eigenvalue weighted by Gasteiger charge is -2.16.